The molecule has 2 aromatic rings. The van der Waals surface area contributed by atoms with Gasteiger partial charge in [-0.25, -0.2) is 0 Å². The molecule has 0 aliphatic heterocycles. The molecule has 0 amide bonds. The van der Waals surface area contributed by atoms with E-state index in [1.165, 1.54) is 10.5 Å². The molecule has 2 rings (SSSR count). The molecule has 0 unspecified atom stereocenters. The molecule has 0 fully saturated rings. The molecule has 1 nitrogen and oxygen atoms in total. The summed E-state index contributed by atoms with van der Waals surface area (Å²) in [6, 6.07) is 12.1. The van der Waals surface area contributed by atoms with Gasteiger partial charge in [-0.2, -0.15) is 0 Å². The molecule has 0 spiro atoms. The minimum Gasteiger partial charge on any atom is -0.303 e. The maximum atomic E-state index is 10.6. The van der Waals surface area contributed by atoms with E-state index < -0.39 is 0 Å². The van der Waals surface area contributed by atoms with Gasteiger partial charge in [0.2, 0.25) is 0 Å². The smallest absolute Gasteiger partial charge is 0.124 e. The summed E-state index contributed by atoms with van der Waals surface area (Å²) in [6.45, 7) is 4.34. The van der Waals surface area contributed by atoms with Crippen LogP contribution in [0.2, 0.25) is 10.0 Å². The maximum absolute atomic E-state index is 10.6. The third-order valence-electron chi connectivity index (χ3n) is 3.19. The lowest BCUT2D eigenvalue weighted by molar-refractivity contribution is -0.107. The SMILES string of the molecule is CC(C)c1ccccc1Sc1ccc(CC=O)c(Cl)c1Cl. The van der Waals surface area contributed by atoms with E-state index in [4.69, 9.17) is 23.2 Å². The summed E-state index contributed by atoms with van der Waals surface area (Å²) < 4.78 is 0. The van der Waals surface area contributed by atoms with Crippen LogP contribution in [-0.4, -0.2) is 6.29 Å². The van der Waals surface area contributed by atoms with Crippen LogP contribution in [0.15, 0.2) is 46.2 Å². The van der Waals surface area contributed by atoms with Crippen molar-refractivity contribution in [2.75, 3.05) is 0 Å². The third-order valence-corrected chi connectivity index (χ3v) is 5.38. The lowest BCUT2D eigenvalue weighted by Gasteiger charge is -2.14. The summed E-state index contributed by atoms with van der Waals surface area (Å²) in [5.41, 5.74) is 2.05. The maximum Gasteiger partial charge on any atom is 0.124 e. The first-order chi connectivity index (χ1) is 10.0. The largest absolute Gasteiger partial charge is 0.303 e. The van der Waals surface area contributed by atoms with E-state index in [0.717, 1.165) is 16.7 Å². The Kier molecular flexibility index (Phi) is 5.74. The number of carbonyl (C=O) groups is 1. The summed E-state index contributed by atoms with van der Waals surface area (Å²) in [6.07, 6.45) is 1.12. The van der Waals surface area contributed by atoms with Gasteiger partial charge in [0.1, 0.15) is 6.29 Å². The molecule has 4 heteroatoms. The zero-order valence-electron chi connectivity index (χ0n) is 11.9. The van der Waals surface area contributed by atoms with Gasteiger partial charge in [0.15, 0.2) is 0 Å². The Hall–Kier alpha value is -0.960. The van der Waals surface area contributed by atoms with Crippen molar-refractivity contribution in [3.8, 4) is 0 Å². The number of aldehydes is 1. The Bertz CT molecular complexity index is 653. The van der Waals surface area contributed by atoms with Crippen LogP contribution >= 0.6 is 35.0 Å². The highest BCUT2D eigenvalue weighted by molar-refractivity contribution is 7.99. The van der Waals surface area contributed by atoms with E-state index in [-0.39, 0.29) is 6.42 Å². The van der Waals surface area contributed by atoms with Crippen molar-refractivity contribution in [1.82, 2.24) is 0 Å². The van der Waals surface area contributed by atoms with Gasteiger partial charge in [0.05, 0.1) is 10.0 Å². The first kappa shape index (κ1) is 16.4. The van der Waals surface area contributed by atoms with E-state index in [2.05, 4.69) is 26.0 Å². The van der Waals surface area contributed by atoms with Gasteiger partial charge in [-0.15, -0.1) is 0 Å². The average molecular weight is 339 g/mol. The zero-order valence-corrected chi connectivity index (χ0v) is 14.2. The summed E-state index contributed by atoms with van der Waals surface area (Å²) in [7, 11) is 0. The van der Waals surface area contributed by atoms with E-state index >= 15 is 0 Å². The van der Waals surface area contributed by atoms with Crippen LogP contribution < -0.4 is 0 Å². The molecule has 0 aromatic heterocycles. The fourth-order valence-electron chi connectivity index (χ4n) is 2.07. The number of rotatable bonds is 5. The van der Waals surface area contributed by atoms with Gasteiger partial charge in [0, 0.05) is 16.2 Å². The van der Waals surface area contributed by atoms with E-state index in [1.54, 1.807) is 11.8 Å². The minimum absolute atomic E-state index is 0.284. The average Bonchev–Trinajstić information content (AvgIpc) is 2.47. The van der Waals surface area contributed by atoms with Crippen molar-refractivity contribution < 1.29 is 4.79 Å². The molecule has 21 heavy (non-hydrogen) atoms. The summed E-state index contributed by atoms with van der Waals surface area (Å²) in [4.78, 5) is 12.7. The quantitative estimate of drug-likeness (QED) is 0.621. The number of hydrogen-bond acceptors (Lipinski definition) is 2. The van der Waals surface area contributed by atoms with Crippen LogP contribution in [0.1, 0.15) is 30.9 Å². The molecule has 0 heterocycles. The highest BCUT2D eigenvalue weighted by Crippen LogP contribution is 2.41. The molecule has 0 saturated heterocycles. The second kappa shape index (κ2) is 7.35. The first-order valence-electron chi connectivity index (χ1n) is 6.72. The van der Waals surface area contributed by atoms with E-state index in [9.17, 15) is 4.79 Å². The molecule has 110 valence electrons. The third kappa shape index (κ3) is 3.82. The molecular weight excluding hydrogens is 323 g/mol. The molecular formula is C17H16Cl2OS. The highest BCUT2D eigenvalue weighted by Gasteiger charge is 2.13. The number of benzene rings is 2. The lowest BCUT2D eigenvalue weighted by atomic mass is 10.0. The van der Waals surface area contributed by atoms with Crippen LogP contribution in [0.25, 0.3) is 0 Å². The van der Waals surface area contributed by atoms with Crippen LogP contribution in [0.4, 0.5) is 0 Å². The Morgan fingerprint density at radius 1 is 1.05 bits per heavy atom. The molecule has 0 bridgehead atoms. The molecule has 0 aliphatic rings. The molecule has 0 N–H and O–H groups in total. The zero-order chi connectivity index (χ0) is 15.4. The lowest BCUT2D eigenvalue weighted by Crippen LogP contribution is -1.92. The van der Waals surface area contributed by atoms with Crippen LogP contribution in [0, 0.1) is 0 Å². The van der Waals surface area contributed by atoms with Gasteiger partial charge < -0.3 is 4.79 Å². The van der Waals surface area contributed by atoms with Crippen molar-refractivity contribution in [2.45, 2.75) is 36.0 Å². The molecule has 2 aromatic carbocycles. The molecule has 0 aliphatic carbocycles. The Labute approximate surface area is 139 Å². The fraction of sp³-hybridized carbons (Fsp3) is 0.235. The van der Waals surface area contributed by atoms with Gasteiger partial charge in [-0.1, -0.05) is 73.1 Å². The van der Waals surface area contributed by atoms with Crippen LogP contribution in [-0.2, 0) is 11.2 Å². The standard InChI is InChI=1S/C17H16Cl2OS/c1-11(2)13-5-3-4-6-14(13)21-15-8-7-12(9-10-20)16(18)17(15)19/h3-8,10-11H,9H2,1-2H3. The molecule has 0 radical (unpaired) electrons. The van der Waals surface area contributed by atoms with Crippen molar-refractivity contribution in [1.29, 1.82) is 0 Å². The minimum atomic E-state index is 0.284. The van der Waals surface area contributed by atoms with Crippen LogP contribution in [0.5, 0.6) is 0 Å². The topological polar surface area (TPSA) is 17.1 Å². The second-order valence-electron chi connectivity index (χ2n) is 5.02. The van der Waals surface area contributed by atoms with Crippen molar-refractivity contribution in [3.63, 3.8) is 0 Å². The van der Waals surface area contributed by atoms with E-state index in [0.29, 0.717) is 16.0 Å². The monoisotopic (exact) mass is 338 g/mol. The van der Waals surface area contributed by atoms with Gasteiger partial charge in [-0.3, -0.25) is 0 Å². The Morgan fingerprint density at radius 2 is 1.76 bits per heavy atom. The van der Waals surface area contributed by atoms with Gasteiger partial charge >= 0.3 is 0 Å². The fourth-order valence-corrected chi connectivity index (χ4v) is 3.80. The van der Waals surface area contributed by atoms with Crippen molar-refractivity contribution in [3.05, 3.63) is 57.6 Å². The Balaban J connectivity index is 2.37. The van der Waals surface area contributed by atoms with Crippen LogP contribution in [0.3, 0.4) is 0 Å². The van der Waals surface area contributed by atoms with Crippen molar-refractivity contribution in [2.24, 2.45) is 0 Å². The highest BCUT2D eigenvalue weighted by atomic mass is 35.5. The molecule has 0 atom stereocenters. The van der Waals surface area contributed by atoms with Gasteiger partial charge in [0.25, 0.3) is 0 Å². The Morgan fingerprint density at radius 3 is 2.43 bits per heavy atom. The predicted octanol–water partition coefficient (Wildman–Crippen LogP) is 6.01. The second-order valence-corrected chi connectivity index (χ2v) is 6.86. The summed E-state index contributed by atoms with van der Waals surface area (Å²) in [5.74, 6) is 0.442. The predicted molar refractivity (Wildman–Crippen MR) is 90.9 cm³/mol. The molecule has 0 saturated carbocycles. The summed E-state index contributed by atoms with van der Waals surface area (Å²) in [5, 5.41) is 0.982. The normalized spacial score (nSPS) is 10.9. The summed E-state index contributed by atoms with van der Waals surface area (Å²) >= 11 is 14.2. The number of hydrogen-bond donors (Lipinski definition) is 0. The van der Waals surface area contributed by atoms with E-state index in [1.807, 2.05) is 24.3 Å². The number of halogens is 2. The first-order valence-corrected chi connectivity index (χ1v) is 8.29. The van der Waals surface area contributed by atoms with Crippen molar-refractivity contribution >= 4 is 41.2 Å². The van der Waals surface area contributed by atoms with Gasteiger partial charge in [-0.05, 0) is 29.2 Å². The number of carbonyl (C=O) groups excluding carboxylic acids is 1.